The molecule has 8 heteroatoms. The number of amides is 1. The van der Waals surface area contributed by atoms with E-state index < -0.39 is 0 Å². The van der Waals surface area contributed by atoms with Crippen molar-refractivity contribution in [2.45, 2.75) is 0 Å². The number of hydrogen-bond donors (Lipinski definition) is 1. The van der Waals surface area contributed by atoms with E-state index >= 15 is 0 Å². The second-order valence-corrected chi connectivity index (χ2v) is 4.40. The maximum Gasteiger partial charge on any atom is 0.241 e. The van der Waals surface area contributed by atoms with Crippen LogP contribution in [0, 0.1) is 0 Å². The average molecular weight is 269 g/mol. The van der Waals surface area contributed by atoms with Crippen LogP contribution in [0.15, 0.2) is 6.33 Å². The van der Waals surface area contributed by atoms with E-state index in [4.69, 9.17) is 11.6 Å². The summed E-state index contributed by atoms with van der Waals surface area (Å²) in [6.45, 7) is 0.203. The number of aromatic amines is 1. The number of imidazole rings is 1. The van der Waals surface area contributed by atoms with E-state index in [9.17, 15) is 4.79 Å². The summed E-state index contributed by atoms with van der Waals surface area (Å²) in [5.74, 6) is 0.526. The number of hydrogen-bond acceptors (Lipinski definition) is 5. The van der Waals surface area contributed by atoms with Crippen LogP contribution in [0.3, 0.4) is 0 Å². The zero-order valence-corrected chi connectivity index (χ0v) is 11.1. The standard InChI is InChI=1S/C10H13ClN6O/c1-16(2)6(18)4-17(3)9-7-8(13-5-12-7)14-10(11)15-9/h5H,4H2,1-3H3,(H,12,13,14,15). The Morgan fingerprint density at radius 1 is 1.39 bits per heavy atom. The van der Waals surface area contributed by atoms with Crippen molar-refractivity contribution in [3.63, 3.8) is 0 Å². The molecule has 0 aliphatic carbocycles. The van der Waals surface area contributed by atoms with E-state index in [2.05, 4.69) is 19.9 Å². The molecule has 0 radical (unpaired) electrons. The van der Waals surface area contributed by atoms with Crippen LogP contribution in [-0.2, 0) is 4.79 Å². The van der Waals surface area contributed by atoms with Gasteiger partial charge in [-0.15, -0.1) is 0 Å². The lowest BCUT2D eigenvalue weighted by Crippen LogP contribution is -2.34. The minimum Gasteiger partial charge on any atom is -0.348 e. The predicted octanol–water partition coefficient (Wildman–Crippen LogP) is 0.531. The van der Waals surface area contributed by atoms with Crippen molar-refractivity contribution in [1.29, 1.82) is 0 Å². The van der Waals surface area contributed by atoms with Crippen molar-refractivity contribution in [2.24, 2.45) is 0 Å². The minimum absolute atomic E-state index is 0.0279. The largest absolute Gasteiger partial charge is 0.348 e. The van der Waals surface area contributed by atoms with E-state index in [0.717, 1.165) is 0 Å². The van der Waals surface area contributed by atoms with Crippen LogP contribution in [0.5, 0.6) is 0 Å². The number of likely N-dealkylation sites (N-methyl/N-ethyl adjacent to an activating group) is 2. The number of aromatic nitrogens is 4. The van der Waals surface area contributed by atoms with E-state index in [1.54, 1.807) is 26.0 Å². The Bertz CT molecular complexity index is 581. The van der Waals surface area contributed by atoms with E-state index in [1.807, 2.05) is 0 Å². The first-order chi connectivity index (χ1) is 8.49. The second kappa shape index (κ2) is 4.77. The Morgan fingerprint density at radius 3 is 2.78 bits per heavy atom. The van der Waals surface area contributed by atoms with Gasteiger partial charge >= 0.3 is 0 Å². The van der Waals surface area contributed by atoms with Crippen molar-refractivity contribution >= 4 is 34.5 Å². The molecule has 2 aromatic heterocycles. The number of anilines is 1. The number of halogens is 1. The second-order valence-electron chi connectivity index (χ2n) is 4.06. The quantitative estimate of drug-likeness (QED) is 0.822. The fourth-order valence-electron chi connectivity index (χ4n) is 1.49. The predicted molar refractivity (Wildman–Crippen MR) is 68.7 cm³/mol. The van der Waals surface area contributed by atoms with Crippen LogP contribution in [0.4, 0.5) is 5.82 Å². The topological polar surface area (TPSA) is 78.0 Å². The van der Waals surface area contributed by atoms with Crippen molar-refractivity contribution in [3.05, 3.63) is 11.6 Å². The molecule has 0 unspecified atom stereocenters. The molecule has 2 rings (SSSR count). The molecule has 1 N–H and O–H groups in total. The summed E-state index contributed by atoms with van der Waals surface area (Å²) < 4.78 is 0. The van der Waals surface area contributed by atoms with Gasteiger partial charge in [-0.25, -0.2) is 4.98 Å². The first kappa shape index (κ1) is 12.6. The molecule has 2 aromatic rings. The summed E-state index contributed by atoms with van der Waals surface area (Å²) >= 11 is 5.83. The lowest BCUT2D eigenvalue weighted by atomic mass is 10.4. The highest BCUT2D eigenvalue weighted by atomic mass is 35.5. The van der Waals surface area contributed by atoms with Gasteiger partial charge in [0, 0.05) is 21.1 Å². The van der Waals surface area contributed by atoms with Gasteiger partial charge in [-0.05, 0) is 11.6 Å². The van der Waals surface area contributed by atoms with Crippen molar-refractivity contribution in [2.75, 3.05) is 32.6 Å². The van der Waals surface area contributed by atoms with Crippen LogP contribution in [0.2, 0.25) is 5.28 Å². The van der Waals surface area contributed by atoms with Gasteiger partial charge in [0.05, 0.1) is 12.9 Å². The summed E-state index contributed by atoms with van der Waals surface area (Å²) in [5, 5.41) is 0.105. The van der Waals surface area contributed by atoms with Crippen LogP contribution in [0.1, 0.15) is 0 Å². The van der Waals surface area contributed by atoms with E-state index in [-0.39, 0.29) is 17.7 Å². The molecular weight excluding hydrogens is 256 g/mol. The molecule has 0 saturated carbocycles. The van der Waals surface area contributed by atoms with Gasteiger partial charge in [0.15, 0.2) is 11.5 Å². The normalized spacial score (nSPS) is 10.7. The van der Waals surface area contributed by atoms with Crippen molar-refractivity contribution in [1.82, 2.24) is 24.8 Å². The summed E-state index contributed by atoms with van der Waals surface area (Å²) in [6, 6.07) is 0. The molecule has 96 valence electrons. The van der Waals surface area contributed by atoms with Crippen LogP contribution < -0.4 is 4.90 Å². The Kier molecular flexibility index (Phi) is 3.33. The number of fused-ring (bicyclic) bond motifs is 1. The first-order valence-corrected chi connectivity index (χ1v) is 5.64. The number of carbonyl (C=O) groups excluding carboxylic acids is 1. The Balaban J connectivity index is 2.35. The first-order valence-electron chi connectivity index (χ1n) is 5.27. The van der Waals surface area contributed by atoms with E-state index in [1.165, 1.54) is 11.2 Å². The maximum absolute atomic E-state index is 11.7. The summed E-state index contributed by atoms with van der Waals surface area (Å²) in [7, 11) is 5.17. The zero-order valence-electron chi connectivity index (χ0n) is 10.3. The summed E-state index contributed by atoms with van der Waals surface area (Å²) in [4.78, 5) is 30.0. The van der Waals surface area contributed by atoms with Gasteiger partial charge < -0.3 is 14.8 Å². The molecule has 0 saturated heterocycles. The minimum atomic E-state index is -0.0279. The third-order valence-electron chi connectivity index (χ3n) is 2.47. The molecule has 0 aliphatic rings. The van der Waals surface area contributed by atoms with Gasteiger partial charge in [-0.2, -0.15) is 9.97 Å². The monoisotopic (exact) mass is 268 g/mol. The molecule has 0 aromatic carbocycles. The summed E-state index contributed by atoms with van der Waals surface area (Å²) in [6.07, 6.45) is 1.51. The number of rotatable bonds is 3. The average Bonchev–Trinajstić information content (AvgIpc) is 2.75. The van der Waals surface area contributed by atoms with Crippen LogP contribution in [0.25, 0.3) is 11.2 Å². The number of carbonyl (C=O) groups is 1. The molecule has 0 spiro atoms. The fourth-order valence-corrected chi connectivity index (χ4v) is 1.65. The molecule has 0 bridgehead atoms. The Labute approximate surface area is 109 Å². The van der Waals surface area contributed by atoms with Gasteiger partial charge in [0.2, 0.25) is 11.2 Å². The Morgan fingerprint density at radius 2 is 2.11 bits per heavy atom. The molecule has 0 aliphatic heterocycles. The van der Waals surface area contributed by atoms with Gasteiger partial charge in [0.25, 0.3) is 0 Å². The maximum atomic E-state index is 11.7. The molecular formula is C10H13ClN6O. The highest BCUT2D eigenvalue weighted by molar-refractivity contribution is 6.28. The van der Waals surface area contributed by atoms with Crippen LogP contribution in [-0.4, -0.2) is 58.4 Å². The molecule has 0 atom stereocenters. The number of H-pyrrole nitrogens is 1. The number of nitrogens with zero attached hydrogens (tertiary/aromatic N) is 5. The lowest BCUT2D eigenvalue weighted by Gasteiger charge is -2.20. The van der Waals surface area contributed by atoms with Crippen molar-refractivity contribution in [3.8, 4) is 0 Å². The third kappa shape index (κ3) is 2.35. The smallest absolute Gasteiger partial charge is 0.241 e. The van der Waals surface area contributed by atoms with Crippen molar-refractivity contribution < 1.29 is 4.79 Å². The van der Waals surface area contributed by atoms with Gasteiger partial charge in [0.1, 0.15) is 5.52 Å². The van der Waals surface area contributed by atoms with Gasteiger partial charge in [-0.1, -0.05) is 0 Å². The Hall–Kier alpha value is -1.89. The lowest BCUT2D eigenvalue weighted by molar-refractivity contribution is -0.127. The molecule has 2 heterocycles. The van der Waals surface area contributed by atoms with Gasteiger partial charge in [-0.3, -0.25) is 4.79 Å². The van der Waals surface area contributed by atoms with Crippen LogP contribution >= 0.6 is 11.6 Å². The highest BCUT2D eigenvalue weighted by Crippen LogP contribution is 2.21. The number of nitrogens with one attached hydrogen (secondary N) is 1. The zero-order chi connectivity index (χ0) is 13.3. The summed E-state index contributed by atoms with van der Waals surface area (Å²) in [5.41, 5.74) is 1.14. The SMILES string of the molecule is CN(C)C(=O)CN(C)c1nc(Cl)nc2nc[nH]c12. The highest BCUT2D eigenvalue weighted by Gasteiger charge is 2.16. The molecule has 18 heavy (non-hydrogen) atoms. The third-order valence-corrected chi connectivity index (χ3v) is 2.64. The molecule has 7 nitrogen and oxygen atoms in total. The molecule has 1 amide bonds. The molecule has 0 fully saturated rings. The fraction of sp³-hybridized carbons (Fsp3) is 0.400. The van der Waals surface area contributed by atoms with E-state index in [0.29, 0.717) is 17.0 Å².